The van der Waals surface area contributed by atoms with Crippen LogP contribution in [0.1, 0.15) is 36.8 Å². The van der Waals surface area contributed by atoms with E-state index in [0.29, 0.717) is 5.52 Å². The van der Waals surface area contributed by atoms with Gasteiger partial charge in [0.2, 0.25) is 5.82 Å². The van der Waals surface area contributed by atoms with E-state index in [1.807, 2.05) is 24.3 Å². The fourth-order valence-electron chi connectivity index (χ4n) is 1.77. The number of fused-ring (bicyclic) bond motifs is 1. The highest BCUT2D eigenvalue weighted by Crippen LogP contribution is 2.26. The Labute approximate surface area is 116 Å². The van der Waals surface area contributed by atoms with Crippen molar-refractivity contribution in [2.75, 3.05) is 5.75 Å². The van der Waals surface area contributed by atoms with Gasteiger partial charge >= 0.3 is 5.97 Å². The average Bonchev–Trinajstić information content (AvgIpc) is 2.43. The number of carbonyl (C=O) groups is 1. The number of nitrogens with zero attached hydrogens (tertiary/aromatic N) is 2. The molecule has 2 aromatic rings. The van der Waals surface area contributed by atoms with E-state index in [1.165, 1.54) is 12.8 Å². The maximum Gasteiger partial charge on any atom is 0.373 e. The van der Waals surface area contributed by atoms with Crippen molar-refractivity contribution < 1.29 is 9.90 Å². The van der Waals surface area contributed by atoms with E-state index in [4.69, 9.17) is 5.11 Å². The number of benzene rings is 1. The van der Waals surface area contributed by atoms with Gasteiger partial charge in [-0.25, -0.2) is 14.8 Å². The highest BCUT2D eigenvalue weighted by molar-refractivity contribution is 7.99. The van der Waals surface area contributed by atoms with Crippen LogP contribution in [0.25, 0.3) is 10.9 Å². The van der Waals surface area contributed by atoms with Crippen LogP contribution in [0, 0.1) is 0 Å². The number of carboxylic acid groups (broad SMARTS) is 1. The van der Waals surface area contributed by atoms with Gasteiger partial charge in [-0.3, -0.25) is 0 Å². The maximum absolute atomic E-state index is 11.0. The molecule has 1 heterocycles. The Morgan fingerprint density at radius 3 is 2.79 bits per heavy atom. The van der Waals surface area contributed by atoms with Crippen LogP contribution >= 0.6 is 11.8 Å². The first kappa shape index (κ1) is 13.8. The number of aromatic nitrogens is 2. The minimum absolute atomic E-state index is 0.128. The van der Waals surface area contributed by atoms with E-state index in [-0.39, 0.29) is 5.82 Å². The molecule has 0 radical (unpaired) electrons. The molecule has 100 valence electrons. The highest BCUT2D eigenvalue weighted by Gasteiger charge is 2.12. The van der Waals surface area contributed by atoms with Crippen LogP contribution in [-0.4, -0.2) is 26.8 Å². The molecule has 0 bridgehead atoms. The van der Waals surface area contributed by atoms with Gasteiger partial charge in [-0.1, -0.05) is 38.0 Å². The number of hydrogen-bond acceptors (Lipinski definition) is 4. The summed E-state index contributed by atoms with van der Waals surface area (Å²) in [5, 5.41) is 10.7. The van der Waals surface area contributed by atoms with Crippen molar-refractivity contribution in [3.63, 3.8) is 0 Å². The molecule has 0 saturated carbocycles. The Morgan fingerprint density at radius 2 is 2.05 bits per heavy atom. The van der Waals surface area contributed by atoms with Crippen LogP contribution in [0.2, 0.25) is 0 Å². The standard InChI is InChI=1S/C14H16N2O2S/c1-2-3-6-9-19-13-10-7-4-5-8-11(10)15-12(16-13)14(17)18/h4-5,7-8H,2-3,6,9H2,1H3,(H,17,18). The van der Waals surface area contributed by atoms with Crippen molar-refractivity contribution in [3.8, 4) is 0 Å². The van der Waals surface area contributed by atoms with Crippen LogP contribution in [0.15, 0.2) is 29.3 Å². The lowest BCUT2D eigenvalue weighted by molar-refractivity contribution is 0.0683. The molecule has 1 aromatic carbocycles. The zero-order chi connectivity index (χ0) is 13.7. The fraction of sp³-hybridized carbons (Fsp3) is 0.357. The molecule has 0 fully saturated rings. The summed E-state index contributed by atoms with van der Waals surface area (Å²) in [7, 11) is 0. The Kier molecular flexibility index (Phi) is 4.74. The van der Waals surface area contributed by atoms with Crippen LogP contribution < -0.4 is 0 Å². The van der Waals surface area contributed by atoms with E-state index in [0.717, 1.165) is 22.6 Å². The number of thioether (sulfide) groups is 1. The summed E-state index contributed by atoms with van der Waals surface area (Å²) in [5.41, 5.74) is 0.688. The van der Waals surface area contributed by atoms with E-state index in [1.54, 1.807) is 11.8 Å². The lowest BCUT2D eigenvalue weighted by Crippen LogP contribution is -2.05. The first-order chi connectivity index (χ1) is 9.22. The fourth-order valence-corrected chi connectivity index (χ4v) is 2.80. The monoisotopic (exact) mass is 276 g/mol. The predicted molar refractivity (Wildman–Crippen MR) is 76.7 cm³/mol. The number of para-hydroxylation sites is 1. The molecule has 5 heteroatoms. The summed E-state index contributed by atoms with van der Waals surface area (Å²) < 4.78 is 0. The van der Waals surface area contributed by atoms with Crippen molar-refractivity contribution in [2.24, 2.45) is 0 Å². The van der Waals surface area contributed by atoms with Crippen molar-refractivity contribution in [1.82, 2.24) is 9.97 Å². The largest absolute Gasteiger partial charge is 0.475 e. The van der Waals surface area contributed by atoms with Crippen molar-refractivity contribution in [1.29, 1.82) is 0 Å². The molecular formula is C14H16N2O2S. The van der Waals surface area contributed by atoms with E-state index in [2.05, 4.69) is 16.9 Å². The maximum atomic E-state index is 11.0. The third kappa shape index (κ3) is 3.44. The molecule has 0 aliphatic heterocycles. The summed E-state index contributed by atoms with van der Waals surface area (Å²) in [6.45, 7) is 2.16. The normalized spacial score (nSPS) is 10.8. The number of aromatic carboxylic acids is 1. The van der Waals surface area contributed by atoms with Crippen molar-refractivity contribution >= 4 is 28.6 Å². The molecular weight excluding hydrogens is 260 g/mol. The van der Waals surface area contributed by atoms with Crippen LogP contribution in [0.4, 0.5) is 0 Å². The van der Waals surface area contributed by atoms with Crippen molar-refractivity contribution in [2.45, 2.75) is 31.2 Å². The predicted octanol–water partition coefficient (Wildman–Crippen LogP) is 3.61. The smallest absolute Gasteiger partial charge is 0.373 e. The number of carboxylic acids is 1. The molecule has 0 aliphatic carbocycles. The minimum atomic E-state index is -1.08. The van der Waals surface area contributed by atoms with E-state index < -0.39 is 5.97 Å². The molecule has 0 aliphatic rings. The van der Waals surface area contributed by atoms with Crippen LogP contribution in [-0.2, 0) is 0 Å². The van der Waals surface area contributed by atoms with Gasteiger partial charge in [0.05, 0.1) is 5.52 Å². The number of rotatable bonds is 6. The molecule has 0 amide bonds. The topological polar surface area (TPSA) is 63.1 Å². The molecule has 0 spiro atoms. The molecule has 2 rings (SSSR count). The van der Waals surface area contributed by atoms with Gasteiger partial charge in [-0.2, -0.15) is 0 Å². The highest BCUT2D eigenvalue weighted by atomic mass is 32.2. The second-order valence-electron chi connectivity index (χ2n) is 4.23. The lowest BCUT2D eigenvalue weighted by Gasteiger charge is -2.06. The van der Waals surface area contributed by atoms with Crippen LogP contribution in [0.3, 0.4) is 0 Å². The third-order valence-corrected chi connectivity index (χ3v) is 3.82. The third-order valence-electron chi connectivity index (χ3n) is 2.75. The first-order valence-electron chi connectivity index (χ1n) is 6.35. The van der Waals surface area contributed by atoms with Gasteiger partial charge in [0, 0.05) is 5.39 Å². The number of unbranched alkanes of at least 4 members (excludes halogenated alkanes) is 2. The molecule has 0 atom stereocenters. The SMILES string of the molecule is CCCCCSc1nc(C(=O)O)nc2ccccc12. The van der Waals surface area contributed by atoms with Gasteiger partial charge < -0.3 is 5.11 Å². The summed E-state index contributed by atoms with van der Waals surface area (Å²) >= 11 is 1.61. The van der Waals surface area contributed by atoms with Crippen LogP contribution in [0.5, 0.6) is 0 Å². The van der Waals surface area contributed by atoms with Gasteiger partial charge in [-0.05, 0) is 18.2 Å². The summed E-state index contributed by atoms with van der Waals surface area (Å²) in [5.74, 6) is -0.258. The van der Waals surface area contributed by atoms with Gasteiger partial charge in [0.25, 0.3) is 0 Å². The van der Waals surface area contributed by atoms with Crippen molar-refractivity contribution in [3.05, 3.63) is 30.1 Å². The summed E-state index contributed by atoms with van der Waals surface area (Å²) in [4.78, 5) is 19.2. The number of hydrogen-bond donors (Lipinski definition) is 1. The quantitative estimate of drug-likeness (QED) is 0.496. The lowest BCUT2D eigenvalue weighted by atomic mass is 10.2. The zero-order valence-electron chi connectivity index (χ0n) is 10.8. The molecule has 1 N–H and O–H groups in total. The second-order valence-corrected chi connectivity index (χ2v) is 5.31. The Hall–Kier alpha value is -1.62. The molecule has 4 nitrogen and oxygen atoms in total. The second kappa shape index (κ2) is 6.52. The minimum Gasteiger partial charge on any atom is -0.475 e. The summed E-state index contributed by atoms with van der Waals surface area (Å²) in [6.07, 6.45) is 3.47. The molecule has 0 saturated heterocycles. The molecule has 1 aromatic heterocycles. The zero-order valence-corrected chi connectivity index (χ0v) is 11.6. The Balaban J connectivity index is 2.31. The van der Waals surface area contributed by atoms with Gasteiger partial charge in [0.1, 0.15) is 5.03 Å². The molecule has 0 unspecified atom stereocenters. The molecule has 19 heavy (non-hydrogen) atoms. The Bertz CT molecular complexity index is 587. The van der Waals surface area contributed by atoms with E-state index >= 15 is 0 Å². The van der Waals surface area contributed by atoms with Gasteiger partial charge in [-0.15, -0.1) is 11.8 Å². The Morgan fingerprint density at radius 1 is 1.26 bits per heavy atom. The summed E-state index contributed by atoms with van der Waals surface area (Å²) in [6, 6.07) is 7.53. The first-order valence-corrected chi connectivity index (χ1v) is 7.34. The van der Waals surface area contributed by atoms with E-state index in [9.17, 15) is 4.79 Å². The average molecular weight is 276 g/mol. The van der Waals surface area contributed by atoms with Gasteiger partial charge in [0.15, 0.2) is 0 Å².